The summed E-state index contributed by atoms with van der Waals surface area (Å²) in [5.41, 5.74) is 1.24. The molecule has 0 spiro atoms. The Morgan fingerprint density at radius 2 is 2.08 bits per heavy atom. The van der Waals surface area contributed by atoms with Crippen molar-refractivity contribution in [3.05, 3.63) is 55.2 Å². The lowest BCUT2D eigenvalue weighted by Crippen LogP contribution is -2.13. The van der Waals surface area contributed by atoms with Gasteiger partial charge in [-0.15, -0.1) is 5.10 Å². The van der Waals surface area contributed by atoms with Crippen LogP contribution in [0.25, 0.3) is 11.3 Å². The zero-order valence-electron chi connectivity index (χ0n) is 12.1. The summed E-state index contributed by atoms with van der Waals surface area (Å²) in [6.45, 7) is 0. The topological polar surface area (TPSA) is 120 Å². The monoisotopic (exact) mass is 342 g/mol. The highest BCUT2D eigenvalue weighted by molar-refractivity contribution is 7.92. The smallest absolute Gasteiger partial charge is 0.262 e. The fourth-order valence-corrected chi connectivity index (χ4v) is 3.26. The molecule has 0 amide bonds. The molecule has 0 atom stereocenters. The number of fused-ring (bicyclic) bond motifs is 1. The van der Waals surface area contributed by atoms with E-state index >= 15 is 0 Å². The SMILES string of the molecule is O=S(=O)(Nc1cnn2cccnc12)c1cccc(-n2cnnn2)c1. The molecule has 3 aromatic heterocycles. The van der Waals surface area contributed by atoms with E-state index in [4.69, 9.17) is 0 Å². The molecule has 0 bridgehead atoms. The lowest BCUT2D eigenvalue weighted by molar-refractivity contribution is 0.601. The van der Waals surface area contributed by atoms with Crippen molar-refractivity contribution in [1.29, 1.82) is 0 Å². The van der Waals surface area contributed by atoms with Crippen molar-refractivity contribution < 1.29 is 8.42 Å². The van der Waals surface area contributed by atoms with Crippen LogP contribution in [-0.2, 0) is 10.0 Å². The minimum Gasteiger partial charge on any atom is -0.274 e. The van der Waals surface area contributed by atoms with Gasteiger partial charge in [-0.25, -0.2) is 22.6 Å². The number of hydrogen-bond donors (Lipinski definition) is 1. The Morgan fingerprint density at radius 3 is 2.92 bits per heavy atom. The van der Waals surface area contributed by atoms with E-state index in [9.17, 15) is 8.42 Å². The molecular weight excluding hydrogens is 332 g/mol. The first kappa shape index (κ1) is 14.3. The third-order valence-corrected chi connectivity index (χ3v) is 4.63. The Bertz CT molecular complexity index is 1100. The highest BCUT2D eigenvalue weighted by atomic mass is 32.2. The Balaban J connectivity index is 1.72. The van der Waals surface area contributed by atoms with Gasteiger partial charge >= 0.3 is 0 Å². The number of aromatic nitrogens is 7. The van der Waals surface area contributed by atoms with E-state index in [-0.39, 0.29) is 4.90 Å². The number of nitrogens with zero attached hydrogens (tertiary/aromatic N) is 7. The van der Waals surface area contributed by atoms with Crippen molar-refractivity contribution in [2.45, 2.75) is 4.90 Å². The summed E-state index contributed by atoms with van der Waals surface area (Å²) in [7, 11) is -3.81. The minimum atomic E-state index is -3.81. The van der Waals surface area contributed by atoms with Crippen LogP contribution in [0.1, 0.15) is 0 Å². The zero-order chi connectivity index (χ0) is 16.6. The van der Waals surface area contributed by atoms with Crippen molar-refractivity contribution in [3.63, 3.8) is 0 Å². The largest absolute Gasteiger partial charge is 0.274 e. The van der Waals surface area contributed by atoms with Crippen molar-refractivity contribution >= 4 is 21.4 Å². The van der Waals surface area contributed by atoms with Gasteiger partial charge in [0.1, 0.15) is 12.0 Å². The van der Waals surface area contributed by atoms with Gasteiger partial charge < -0.3 is 0 Å². The van der Waals surface area contributed by atoms with Crippen LogP contribution >= 0.6 is 0 Å². The van der Waals surface area contributed by atoms with Gasteiger partial charge in [0.15, 0.2) is 5.65 Å². The third kappa shape index (κ3) is 2.46. The van der Waals surface area contributed by atoms with E-state index in [0.717, 1.165) is 0 Å². The van der Waals surface area contributed by atoms with E-state index in [0.29, 0.717) is 17.0 Å². The van der Waals surface area contributed by atoms with Gasteiger partial charge in [-0.05, 0) is 34.7 Å². The fraction of sp³-hybridized carbons (Fsp3) is 0. The number of nitrogens with one attached hydrogen (secondary N) is 1. The maximum Gasteiger partial charge on any atom is 0.262 e. The summed E-state index contributed by atoms with van der Waals surface area (Å²) >= 11 is 0. The first-order valence-electron chi connectivity index (χ1n) is 6.78. The molecule has 1 N–H and O–H groups in total. The number of benzene rings is 1. The normalized spacial score (nSPS) is 11.7. The van der Waals surface area contributed by atoms with Crippen LogP contribution in [0.2, 0.25) is 0 Å². The summed E-state index contributed by atoms with van der Waals surface area (Å²) in [6, 6.07) is 7.97. The predicted molar refractivity (Wildman–Crippen MR) is 82.9 cm³/mol. The lowest BCUT2D eigenvalue weighted by atomic mass is 10.3. The van der Waals surface area contributed by atoms with Crippen LogP contribution in [0.3, 0.4) is 0 Å². The quantitative estimate of drug-likeness (QED) is 0.573. The molecule has 0 aliphatic carbocycles. The molecule has 11 heteroatoms. The Labute approximate surface area is 135 Å². The third-order valence-electron chi connectivity index (χ3n) is 3.27. The zero-order valence-corrected chi connectivity index (χ0v) is 12.9. The molecule has 3 heterocycles. The number of rotatable bonds is 4. The fourth-order valence-electron chi connectivity index (χ4n) is 2.18. The van der Waals surface area contributed by atoms with Crippen LogP contribution in [0, 0.1) is 0 Å². The van der Waals surface area contributed by atoms with Crippen molar-refractivity contribution in [1.82, 2.24) is 34.8 Å². The Kier molecular flexibility index (Phi) is 3.20. The summed E-state index contributed by atoms with van der Waals surface area (Å²) in [4.78, 5) is 4.19. The number of hydrogen-bond acceptors (Lipinski definition) is 7. The second kappa shape index (κ2) is 5.38. The van der Waals surface area contributed by atoms with Crippen LogP contribution in [0.4, 0.5) is 5.69 Å². The second-order valence-corrected chi connectivity index (χ2v) is 6.49. The molecular formula is C13H10N8O2S. The first-order valence-corrected chi connectivity index (χ1v) is 8.26. The molecule has 0 aliphatic rings. The summed E-state index contributed by atoms with van der Waals surface area (Å²) in [5, 5.41) is 14.9. The van der Waals surface area contributed by atoms with Gasteiger partial charge in [0, 0.05) is 12.4 Å². The minimum absolute atomic E-state index is 0.0748. The molecule has 0 saturated carbocycles. The lowest BCUT2D eigenvalue weighted by Gasteiger charge is -2.08. The van der Waals surface area contributed by atoms with Crippen molar-refractivity contribution in [2.24, 2.45) is 0 Å². The maximum absolute atomic E-state index is 12.6. The standard InChI is InChI=1S/C13H10N8O2S/c22-24(23,17-12-8-16-20-6-2-5-14-13(12)20)11-4-1-3-10(7-11)21-9-15-18-19-21/h1-9,17H. The molecule has 4 rings (SSSR count). The maximum atomic E-state index is 12.6. The van der Waals surface area contributed by atoms with Gasteiger partial charge in [-0.2, -0.15) is 5.10 Å². The van der Waals surface area contributed by atoms with Gasteiger partial charge in [-0.1, -0.05) is 6.07 Å². The molecule has 0 radical (unpaired) electrons. The molecule has 0 aliphatic heterocycles. The average molecular weight is 342 g/mol. The molecule has 0 saturated heterocycles. The summed E-state index contributed by atoms with van der Waals surface area (Å²) in [6.07, 6.45) is 6.03. The Hall–Kier alpha value is -3.34. The molecule has 0 fully saturated rings. The highest BCUT2D eigenvalue weighted by Crippen LogP contribution is 2.20. The van der Waals surface area contributed by atoms with Gasteiger partial charge in [0.2, 0.25) is 0 Å². The van der Waals surface area contributed by atoms with E-state index in [2.05, 4.69) is 30.3 Å². The molecule has 24 heavy (non-hydrogen) atoms. The van der Waals surface area contributed by atoms with Crippen molar-refractivity contribution in [3.8, 4) is 5.69 Å². The average Bonchev–Trinajstić information content (AvgIpc) is 3.25. The molecule has 4 aromatic rings. The van der Waals surface area contributed by atoms with Crippen LogP contribution in [-0.4, -0.2) is 43.2 Å². The molecule has 10 nitrogen and oxygen atoms in total. The van der Waals surface area contributed by atoms with E-state index < -0.39 is 10.0 Å². The number of anilines is 1. The highest BCUT2D eigenvalue weighted by Gasteiger charge is 2.18. The van der Waals surface area contributed by atoms with Gasteiger partial charge in [0.05, 0.1) is 16.8 Å². The van der Waals surface area contributed by atoms with Gasteiger partial charge in [0.25, 0.3) is 10.0 Å². The van der Waals surface area contributed by atoms with E-state index in [1.807, 2.05) is 0 Å². The molecule has 120 valence electrons. The van der Waals surface area contributed by atoms with Crippen molar-refractivity contribution in [2.75, 3.05) is 4.72 Å². The van der Waals surface area contributed by atoms with Gasteiger partial charge in [-0.3, -0.25) is 4.72 Å². The number of tetrazole rings is 1. The molecule has 1 aromatic carbocycles. The number of sulfonamides is 1. The Morgan fingerprint density at radius 1 is 1.17 bits per heavy atom. The predicted octanol–water partition coefficient (Wildman–Crippen LogP) is 0.506. The van der Waals surface area contributed by atoms with E-state index in [1.165, 1.54) is 33.9 Å². The second-order valence-electron chi connectivity index (χ2n) is 4.80. The van der Waals surface area contributed by atoms with E-state index in [1.54, 1.807) is 30.6 Å². The molecule has 0 unspecified atom stereocenters. The summed E-state index contributed by atoms with van der Waals surface area (Å²) < 4.78 is 30.6. The van der Waals surface area contributed by atoms with Crippen LogP contribution < -0.4 is 4.72 Å². The summed E-state index contributed by atoms with van der Waals surface area (Å²) in [5.74, 6) is 0. The first-order chi connectivity index (χ1) is 11.6. The van der Waals surface area contributed by atoms with Crippen LogP contribution in [0.5, 0.6) is 0 Å². The van der Waals surface area contributed by atoms with Crippen LogP contribution in [0.15, 0.2) is 60.1 Å².